The van der Waals surface area contributed by atoms with Crippen LogP contribution in [0.3, 0.4) is 0 Å². The van der Waals surface area contributed by atoms with Crippen molar-refractivity contribution in [2.24, 2.45) is 0 Å². The molecular weight excluding hydrogens is 124 g/mol. The predicted octanol–water partition coefficient (Wildman–Crippen LogP) is 0.875. The molecular formula is C8H13N2+. The lowest BCUT2D eigenvalue weighted by molar-refractivity contribution is -0.387. The Kier molecular flexibility index (Phi) is 1.90. The van der Waals surface area contributed by atoms with Gasteiger partial charge in [0.2, 0.25) is 0 Å². The summed E-state index contributed by atoms with van der Waals surface area (Å²) in [7, 11) is 4.07. The smallest absolute Gasteiger partial charge is 0.178 e. The van der Waals surface area contributed by atoms with Gasteiger partial charge in [-0.05, 0) is 0 Å². The number of anilines is 1. The second-order valence-electron chi connectivity index (χ2n) is 2.62. The van der Waals surface area contributed by atoms with Gasteiger partial charge in [0.05, 0.1) is 0 Å². The van der Waals surface area contributed by atoms with E-state index in [0.717, 1.165) is 0 Å². The van der Waals surface area contributed by atoms with Gasteiger partial charge in [-0.25, -0.2) is 4.98 Å². The summed E-state index contributed by atoms with van der Waals surface area (Å²) in [6.07, 6.45) is 1.95. The van der Waals surface area contributed by atoms with Crippen LogP contribution in [-0.4, -0.2) is 14.1 Å². The Hall–Kier alpha value is -1.05. The highest BCUT2D eigenvalue weighted by molar-refractivity contribution is 5.42. The number of nitrogens with one attached hydrogen (secondary N) is 1. The topological polar surface area (TPSA) is 17.4 Å². The summed E-state index contributed by atoms with van der Waals surface area (Å²) in [4.78, 5) is 5.18. The van der Waals surface area contributed by atoms with Crippen molar-refractivity contribution >= 4 is 5.69 Å². The standard InChI is InChI=1S/C8H12N2/c1-7-6-8(10(2)3)4-5-9-7/h4-6H,1-3H3/p+1. The van der Waals surface area contributed by atoms with E-state index in [0.29, 0.717) is 0 Å². The van der Waals surface area contributed by atoms with E-state index in [4.69, 9.17) is 0 Å². The minimum atomic E-state index is 1.19. The summed E-state index contributed by atoms with van der Waals surface area (Å²) in [6.45, 7) is 2.05. The number of rotatable bonds is 1. The van der Waals surface area contributed by atoms with E-state index in [-0.39, 0.29) is 0 Å². The third kappa shape index (κ3) is 1.47. The molecule has 0 aliphatic carbocycles. The minimum Gasteiger partial charge on any atom is -0.377 e. The van der Waals surface area contributed by atoms with Crippen LogP contribution in [0.4, 0.5) is 5.69 Å². The molecule has 0 fully saturated rings. The molecule has 0 bridgehead atoms. The maximum Gasteiger partial charge on any atom is 0.178 e. The van der Waals surface area contributed by atoms with E-state index in [1.807, 2.05) is 33.3 Å². The molecule has 0 radical (unpaired) electrons. The van der Waals surface area contributed by atoms with Crippen molar-refractivity contribution < 1.29 is 4.98 Å². The molecule has 0 spiro atoms. The molecule has 2 nitrogen and oxygen atoms in total. The van der Waals surface area contributed by atoms with Gasteiger partial charge in [0.15, 0.2) is 11.9 Å². The lowest BCUT2D eigenvalue weighted by atomic mass is 10.3. The molecule has 0 aromatic carbocycles. The van der Waals surface area contributed by atoms with Crippen molar-refractivity contribution in [3.05, 3.63) is 24.0 Å². The Morgan fingerprint density at radius 2 is 2.10 bits per heavy atom. The van der Waals surface area contributed by atoms with Crippen LogP contribution in [0.25, 0.3) is 0 Å². The van der Waals surface area contributed by atoms with Crippen LogP contribution < -0.4 is 9.88 Å². The van der Waals surface area contributed by atoms with Gasteiger partial charge in [0.25, 0.3) is 0 Å². The van der Waals surface area contributed by atoms with Gasteiger partial charge in [0, 0.05) is 38.8 Å². The van der Waals surface area contributed by atoms with Crippen molar-refractivity contribution in [1.82, 2.24) is 0 Å². The second-order valence-corrected chi connectivity index (χ2v) is 2.62. The molecule has 0 aliphatic rings. The molecule has 1 rings (SSSR count). The highest BCUT2D eigenvalue weighted by atomic mass is 15.1. The third-order valence-electron chi connectivity index (χ3n) is 1.45. The number of aromatic nitrogens is 1. The zero-order chi connectivity index (χ0) is 7.56. The van der Waals surface area contributed by atoms with Crippen molar-refractivity contribution in [2.45, 2.75) is 6.92 Å². The Morgan fingerprint density at radius 1 is 1.40 bits per heavy atom. The number of aromatic amines is 1. The Bertz CT molecular complexity index is 218. The molecule has 1 N–H and O–H groups in total. The van der Waals surface area contributed by atoms with Crippen LogP contribution in [0.1, 0.15) is 5.69 Å². The van der Waals surface area contributed by atoms with E-state index < -0.39 is 0 Å². The van der Waals surface area contributed by atoms with E-state index >= 15 is 0 Å². The Morgan fingerprint density at radius 3 is 2.50 bits per heavy atom. The van der Waals surface area contributed by atoms with Crippen LogP contribution in [0.15, 0.2) is 18.3 Å². The minimum absolute atomic E-state index is 1.19. The molecule has 0 amide bonds. The van der Waals surface area contributed by atoms with E-state index in [1.165, 1.54) is 11.4 Å². The summed E-state index contributed by atoms with van der Waals surface area (Å²) in [5.41, 5.74) is 2.42. The van der Waals surface area contributed by atoms with Gasteiger partial charge in [-0.3, -0.25) is 0 Å². The maximum absolute atomic E-state index is 3.10. The average Bonchev–Trinajstić information content (AvgIpc) is 1.88. The maximum atomic E-state index is 3.10. The van der Waals surface area contributed by atoms with Crippen molar-refractivity contribution in [3.63, 3.8) is 0 Å². The average molecular weight is 137 g/mol. The van der Waals surface area contributed by atoms with Crippen LogP contribution >= 0.6 is 0 Å². The first-order chi connectivity index (χ1) is 4.70. The lowest BCUT2D eigenvalue weighted by Crippen LogP contribution is -2.12. The number of nitrogens with zero attached hydrogens (tertiary/aromatic N) is 1. The molecule has 1 heterocycles. The summed E-state index contributed by atoms with van der Waals surface area (Å²) in [5, 5.41) is 0. The Balaban J connectivity index is 2.96. The van der Waals surface area contributed by atoms with Crippen molar-refractivity contribution in [3.8, 4) is 0 Å². The first-order valence-corrected chi connectivity index (χ1v) is 3.36. The third-order valence-corrected chi connectivity index (χ3v) is 1.45. The summed E-state index contributed by atoms with van der Waals surface area (Å²) >= 11 is 0. The number of aryl methyl sites for hydroxylation is 1. The van der Waals surface area contributed by atoms with Gasteiger partial charge in [-0.2, -0.15) is 0 Å². The van der Waals surface area contributed by atoms with Gasteiger partial charge < -0.3 is 4.90 Å². The van der Waals surface area contributed by atoms with Gasteiger partial charge in [0.1, 0.15) is 0 Å². The molecule has 0 aliphatic heterocycles. The zero-order valence-corrected chi connectivity index (χ0v) is 6.68. The normalized spacial score (nSPS) is 9.50. The fourth-order valence-corrected chi connectivity index (χ4v) is 0.848. The van der Waals surface area contributed by atoms with Crippen LogP contribution in [0, 0.1) is 6.92 Å². The zero-order valence-electron chi connectivity index (χ0n) is 6.68. The highest BCUT2D eigenvalue weighted by Crippen LogP contribution is 2.07. The molecule has 0 unspecified atom stereocenters. The predicted molar refractivity (Wildman–Crippen MR) is 42.1 cm³/mol. The fourth-order valence-electron chi connectivity index (χ4n) is 0.848. The molecule has 0 saturated carbocycles. The first kappa shape index (κ1) is 7.06. The van der Waals surface area contributed by atoms with Gasteiger partial charge >= 0.3 is 0 Å². The van der Waals surface area contributed by atoms with Crippen molar-refractivity contribution in [2.75, 3.05) is 19.0 Å². The van der Waals surface area contributed by atoms with E-state index in [2.05, 4.69) is 16.0 Å². The quantitative estimate of drug-likeness (QED) is 0.561. The molecule has 0 saturated heterocycles. The molecule has 54 valence electrons. The SMILES string of the molecule is Cc1cc(N(C)C)cc[nH+]1. The van der Waals surface area contributed by atoms with E-state index in [9.17, 15) is 0 Å². The number of hydrogen-bond donors (Lipinski definition) is 0. The highest BCUT2D eigenvalue weighted by Gasteiger charge is 1.97. The molecule has 0 atom stereocenters. The van der Waals surface area contributed by atoms with Crippen LogP contribution in [0.5, 0.6) is 0 Å². The number of H-pyrrole nitrogens is 1. The molecule has 1 aromatic heterocycles. The van der Waals surface area contributed by atoms with Gasteiger partial charge in [-0.1, -0.05) is 0 Å². The van der Waals surface area contributed by atoms with Crippen LogP contribution in [0.2, 0.25) is 0 Å². The number of hydrogen-bond acceptors (Lipinski definition) is 1. The van der Waals surface area contributed by atoms with E-state index in [1.54, 1.807) is 0 Å². The van der Waals surface area contributed by atoms with Gasteiger partial charge in [-0.15, -0.1) is 0 Å². The lowest BCUT2D eigenvalue weighted by Gasteiger charge is -2.09. The summed E-state index contributed by atoms with van der Waals surface area (Å²) in [5.74, 6) is 0. The molecule has 1 aromatic rings. The number of pyridine rings is 1. The summed E-state index contributed by atoms with van der Waals surface area (Å²) in [6, 6.07) is 4.16. The molecule has 10 heavy (non-hydrogen) atoms. The largest absolute Gasteiger partial charge is 0.377 e. The van der Waals surface area contributed by atoms with Crippen LogP contribution in [-0.2, 0) is 0 Å². The second kappa shape index (κ2) is 2.69. The van der Waals surface area contributed by atoms with Crippen molar-refractivity contribution in [1.29, 1.82) is 0 Å². The monoisotopic (exact) mass is 137 g/mol. The fraction of sp³-hybridized carbons (Fsp3) is 0.375. The Labute approximate surface area is 61.5 Å². The first-order valence-electron chi connectivity index (χ1n) is 3.36. The molecule has 2 heteroatoms. The summed E-state index contributed by atoms with van der Waals surface area (Å²) < 4.78 is 0.